The second kappa shape index (κ2) is 8.74. The highest BCUT2D eigenvalue weighted by atomic mass is 16.2. The van der Waals surface area contributed by atoms with Crippen molar-refractivity contribution in [1.82, 2.24) is 9.80 Å². The van der Waals surface area contributed by atoms with Crippen LogP contribution in [0.15, 0.2) is 0 Å². The van der Waals surface area contributed by atoms with E-state index in [9.17, 15) is 4.79 Å². The van der Waals surface area contributed by atoms with Gasteiger partial charge in [-0.1, -0.05) is 20.8 Å². The number of rotatable bonds is 8. The molecule has 1 amide bonds. The van der Waals surface area contributed by atoms with Crippen LogP contribution in [0.4, 0.5) is 0 Å². The van der Waals surface area contributed by atoms with Crippen molar-refractivity contribution in [2.45, 2.75) is 52.9 Å². The van der Waals surface area contributed by atoms with Crippen molar-refractivity contribution in [3.8, 4) is 0 Å². The van der Waals surface area contributed by atoms with E-state index in [0.29, 0.717) is 18.9 Å². The lowest BCUT2D eigenvalue weighted by Gasteiger charge is -2.31. The number of hydrogen-bond donors (Lipinski definition) is 1. The fourth-order valence-electron chi connectivity index (χ4n) is 3.12. The minimum absolute atomic E-state index is 0.230. The molecule has 21 heavy (non-hydrogen) atoms. The number of carbonyl (C=O) groups excluding carboxylic acids is 1. The first-order valence-electron chi connectivity index (χ1n) is 8.51. The summed E-state index contributed by atoms with van der Waals surface area (Å²) in [5, 5.41) is 0. The summed E-state index contributed by atoms with van der Waals surface area (Å²) in [5.41, 5.74) is 5.94. The van der Waals surface area contributed by atoms with Crippen LogP contribution in [0.3, 0.4) is 0 Å². The average Bonchev–Trinajstić information content (AvgIpc) is 2.92. The number of likely N-dealkylation sites (tertiary alicyclic amines) is 1. The molecule has 0 aromatic rings. The lowest BCUT2D eigenvalue weighted by atomic mass is 9.76. The van der Waals surface area contributed by atoms with E-state index in [4.69, 9.17) is 5.73 Å². The van der Waals surface area contributed by atoms with Gasteiger partial charge in [0.2, 0.25) is 5.91 Å². The van der Waals surface area contributed by atoms with Crippen molar-refractivity contribution in [1.29, 1.82) is 0 Å². The number of nitrogens with zero attached hydrogens (tertiary/aromatic N) is 2. The SMILES string of the molecule is CN(CCN1CCCC1)C(=O)CCC(CCN)C(C)(C)C. The lowest BCUT2D eigenvalue weighted by Crippen LogP contribution is -2.35. The van der Waals surface area contributed by atoms with Crippen LogP contribution in [0, 0.1) is 11.3 Å². The Morgan fingerprint density at radius 1 is 1.24 bits per heavy atom. The molecule has 1 saturated heterocycles. The maximum Gasteiger partial charge on any atom is 0.222 e. The molecule has 1 atom stereocenters. The van der Waals surface area contributed by atoms with Crippen molar-refractivity contribution in [2.75, 3.05) is 39.8 Å². The van der Waals surface area contributed by atoms with Crippen LogP contribution >= 0.6 is 0 Å². The molecule has 0 spiro atoms. The molecule has 1 unspecified atom stereocenters. The van der Waals surface area contributed by atoms with E-state index in [-0.39, 0.29) is 11.3 Å². The van der Waals surface area contributed by atoms with Crippen molar-refractivity contribution < 1.29 is 4.79 Å². The Balaban J connectivity index is 2.29. The normalized spacial score (nSPS) is 18.0. The van der Waals surface area contributed by atoms with Crippen LogP contribution in [0.25, 0.3) is 0 Å². The lowest BCUT2D eigenvalue weighted by molar-refractivity contribution is -0.130. The second-order valence-electron chi connectivity index (χ2n) is 7.54. The topological polar surface area (TPSA) is 49.6 Å². The molecule has 124 valence electrons. The van der Waals surface area contributed by atoms with Crippen molar-refractivity contribution in [2.24, 2.45) is 17.1 Å². The molecule has 1 rings (SSSR count). The van der Waals surface area contributed by atoms with Crippen LogP contribution in [0.1, 0.15) is 52.9 Å². The highest BCUT2D eigenvalue weighted by molar-refractivity contribution is 5.75. The number of carbonyl (C=O) groups is 1. The van der Waals surface area contributed by atoms with E-state index in [1.54, 1.807) is 0 Å². The van der Waals surface area contributed by atoms with Gasteiger partial charge in [-0.2, -0.15) is 0 Å². The van der Waals surface area contributed by atoms with E-state index in [1.165, 1.54) is 25.9 Å². The quantitative estimate of drug-likeness (QED) is 0.748. The number of hydrogen-bond acceptors (Lipinski definition) is 3. The summed E-state index contributed by atoms with van der Waals surface area (Å²) in [6.45, 7) is 11.7. The summed E-state index contributed by atoms with van der Waals surface area (Å²) in [6, 6.07) is 0. The molecular weight excluding hydrogens is 262 g/mol. The predicted octanol–water partition coefficient (Wildman–Crippen LogP) is 2.33. The third-order valence-electron chi connectivity index (χ3n) is 4.82. The zero-order valence-electron chi connectivity index (χ0n) is 14.5. The summed E-state index contributed by atoms with van der Waals surface area (Å²) >= 11 is 0. The highest BCUT2D eigenvalue weighted by Crippen LogP contribution is 2.32. The first-order chi connectivity index (χ1) is 9.84. The van der Waals surface area contributed by atoms with Gasteiger partial charge in [-0.05, 0) is 56.7 Å². The average molecular weight is 297 g/mol. The van der Waals surface area contributed by atoms with Crippen LogP contribution in [-0.4, -0.2) is 55.5 Å². The monoisotopic (exact) mass is 297 g/mol. The smallest absolute Gasteiger partial charge is 0.222 e. The van der Waals surface area contributed by atoms with Gasteiger partial charge in [0.05, 0.1) is 0 Å². The van der Waals surface area contributed by atoms with Gasteiger partial charge >= 0.3 is 0 Å². The van der Waals surface area contributed by atoms with Crippen molar-refractivity contribution in [3.05, 3.63) is 0 Å². The molecule has 0 bridgehead atoms. The van der Waals surface area contributed by atoms with Crippen LogP contribution in [-0.2, 0) is 4.79 Å². The van der Waals surface area contributed by atoms with Gasteiger partial charge in [0, 0.05) is 26.6 Å². The minimum atomic E-state index is 0.230. The van der Waals surface area contributed by atoms with Gasteiger partial charge in [-0.15, -0.1) is 0 Å². The van der Waals surface area contributed by atoms with E-state index < -0.39 is 0 Å². The van der Waals surface area contributed by atoms with E-state index in [2.05, 4.69) is 25.7 Å². The number of amides is 1. The molecule has 4 nitrogen and oxygen atoms in total. The standard InChI is InChI=1S/C17H35N3O/c1-17(2,3)15(9-10-18)7-8-16(21)19(4)13-14-20-11-5-6-12-20/h15H,5-14,18H2,1-4H3. The third kappa shape index (κ3) is 6.79. The summed E-state index contributed by atoms with van der Waals surface area (Å²) in [5.74, 6) is 0.805. The highest BCUT2D eigenvalue weighted by Gasteiger charge is 2.25. The van der Waals surface area contributed by atoms with Crippen LogP contribution in [0.5, 0.6) is 0 Å². The summed E-state index contributed by atoms with van der Waals surface area (Å²) in [6.07, 6.45) is 5.23. The Morgan fingerprint density at radius 3 is 2.38 bits per heavy atom. The largest absolute Gasteiger partial charge is 0.344 e. The molecule has 0 radical (unpaired) electrons. The van der Waals surface area contributed by atoms with Crippen LogP contribution in [0.2, 0.25) is 0 Å². The minimum Gasteiger partial charge on any atom is -0.344 e. The van der Waals surface area contributed by atoms with Crippen molar-refractivity contribution in [3.63, 3.8) is 0 Å². The molecule has 1 heterocycles. The molecule has 0 aromatic heterocycles. The Hall–Kier alpha value is -0.610. The zero-order valence-corrected chi connectivity index (χ0v) is 14.5. The Labute approximate surface area is 131 Å². The van der Waals surface area contributed by atoms with E-state index in [1.807, 2.05) is 11.9 Å². The van der Waals surface area contributed by atoms with Crippen LogP contribution < -0.4 is 5.73 Å². The van der Waals surface area contributed by atoms with Crippen molar-refractivity contribution >= 4 is 5.91 Å². The summed E-state index contributed by atoms with van der Waals surface area (Å²) in [7, 11) is 1.94. The number of likely N-dealkylation sites (N-methyl/N-ethyl adjacent to an activating group) is 1. The molecule has 0 aromatic carbocycles. The first kappa shape index (κ1) is 18.4. The molecule has 2 N–H and O–H groups in total. The second-order valence-corrected chi connectivity index (χ2v) is 7.54. The molecule has 1 aliphatic heterocycles. The van der Waals surface area contributed by atoms with E-state index >= 15 is 0 Å². The molecule has 1 fully saturated rings. The Morgan fingerprint density at radius 2 is 1.86 bits per heavy atom. The van der Waals surface area contributed by atoms with Gasteiger partial charge in [-0.3, -0.25) is 4.79 Å². The maximum absolute atomic E-state index is 12.3. The molecule has 1 aliphatic rings. The Bertz CT molecular complexity index is 306. The number of nitrogens with two attached hydrogens (primary N) is 1. The summed E-state index contributed by atoms with van der Waals surface area (Å²) < 4.78 is 0. The molecule has 0 saturated carbocycles. The fourth-order valence-corrected chi connectivity index (χ4v) is 3.12. The van der Waals surface area contributed by atoms with Gasteiger partial charge in [0.1, 0.15) is 0 Å². The van der Waals surface area contributed by atoms with Gasteiger partial charge in [0.25, 0.3) is 0 Å². The molecular formula is C17H35N3O. The third-order valence-corrected chi connectivity index (χ3v) is 4.82. The summed E-state index contributed by atoms with van der Waals surface area (Å²) in [4.78, 5) is 16.6. The maximum atomic E-state index is 12.3. The Kier molecular flexibility index (Phi) is 7.67. The van der Waals surface area contributed by atoms with Gasteiger partial charge in [-0.25, -0.2) is 0 Å². The zero-order chi connectivity index (χ0) is 15.9. The van der Waals surface area contributed by atoms with E-state index in [0.717, 1.165) is 25.9 Å². The van der Waals surface area contributed by atoms with Gasteiger partial charge in [0.15, 0.2) is 0 Å². The molecule has 0 aliphatic carbocycles. The molecule has 4 heteroatoms. The predicted molar refractivity (Wildman–Crippen MR) is 89.2 cm³/mol. The fraction of sp³-hybridized carbons (Fsp3) is 0.941. The van der Waals surface area contributed by atoms with Gasteiger partial charge < -0.3 is 15.5 Å². The first-order valence-corrected chi connectivity index (χ1v) is 8.51.